The third-order valence-electron chi connectivity index (χ3n) is 3.57. The summed E-state index contributed by atoms with van der Waals surface area (Å²) in [6, 6.07) is 0. The number of amides is 1. The van der Waals surface area contributed by atoms with Crippen LogP contribution in [-0.2, 0) is 4.79 Å². The van der Waals surface area contributed by atoms with Gasteiger partial charge < -0.3 is 11.1 Å². The third kappa shape index (κ3) is 3.82. The lowest BCUT2D eigenvalue weighted by molar-refractivity contribution is -0.127. The van der Waals surface area contributed by atoms with Crippen LogP contribution in [0.2, 0.25) is 0 Å². The first-order valence-electron chi connectivity index (χ1n) is 6.11. The van der Waals surface area contributed by atoms with Crippen LogP contribution in [0.3, 0.4) is 0 Å². The molecule has 0 aromatic heterocycles. The van der Waals surface area contributed by atoms with Crippen LogP contribution in [0.25, 0.3) is 0 Å². The number of hydrogen-bond donors (Lipinski definition) is 2. The van der Waals surface area contributed by atoms with Gasteiger partial charge in [-0.2, -0.15) is 0 Å². The molecule has 15 heavy (non-hydrogen) atoms. The van der Waals surface area contributed by atoms with E-state index in [0.717, 1.165) is 25.7 Å². The van der Waals surface area contributed by atoms with Gasteiger partial charge in [0, 0.05) is 18.0 Å². The van der Waals surface area contributed by atoms with Gasteiger partial charge in [-0.1, -0.05) is 27.7 Å². The fourth-order valence-corrected chi connectivity index (χ4v) is 1.84. The molecule has 3 nitrogen and oxygen atoms in total. The van der Waals surface area contributed by atoms with E-state index in [1.807, 2.05) is 6.92 Å². The Morgan fingerprint density at radius 2 is 1.67 bits per heavy atom. The summed E-state index contributed by atoms with van der Waals surface area (Å²) in [6.07, 6.45) is 3.75. The van der Waals surface area contributed by atoms with Crippen LogP contribution in [0.5, 0.6) is 0 Å². The van der Waals surface area contributed by atoms with Crippen LogP contribution in [0.4, 0.5) is 0 Å². The highest BCUT2D eigenvalue weighted by molar-refractivity contribution is 5.79. The highest BCUT2D eigenvalue weighted by Gasteiger charge is 2.28. The molecule has 3 heteroatoms. The summed E-state index contributed by atoms with van der Waals surface area (Å²) in [5.41, 5.74) is 5.54. The summed E-state index contributed by atoms with van der Waals surface area (Å²) in [7, 11) is 0. The number of nitrogens with one attached hydrogen (secondary N) is 1. The first-order valence-corrected chi connectivity index (χ1v) is 6.11. The Kier molecular flexibility index (Phi) is 6.57. The summed E-state index contributed by atoms with van der Waals surface area (Å²) < 4.78 is 0. The lowest BCUT2D eigenvalue weighted by Crippen LogP contribution is -2.50. The van der Waals surface area contributed by atoms with Crippen molar-refractivity contribution in [2.24, 2.45) is 11.7 Å². The quantitative estimate of drug-likeness (QED) is 0.681. The van der Waals surface area contributed by atoms with Crippen LogP contribution >= 0.6 is 0 Å². The van der Waals surface area contributed by atoms with Gasteiger partial charge in [0.25, 0.3) is 0 Å². The van der Waals surface area contributed by atoms with Crippen molar-refractivity contribution in [2.45, 2.75) is 58.9 Å². The Morgan fingerprint density at radius 3 is 1.93 bits per heavy atom. The first kappa shape index (κ1) is 14.4. The van der Waals surface area contributed by atoms with Crippen molar-refractivity contribution in [3.63, 3.8) is 0 Å². The minimum absolute atomic E-state index is 0.0281. The molecule has 0 rings (SSSR count). The molecule has 0 aliphatic heterocycles. The van der Waals surface area contributed by atoms with Gasteiger partial charge in [0.15, 0.2) is 0 Å². The second-order valence-corrected chi connectivity index (χ2v) is 4.17. The van der Waals surface area contributed by atoms with Gasteiger partial charge in [-0.05, 0) is 25.7 Å². The van der Waals surface area contributed by atoms with E-state index in [0.29, 0.717) is 6.54 Å². The average Bonchev–Trinajstić information content (AvgIpc) is 2.28. The molecule has 0 aliphatic rings. The first-order chi connectivity index (χ1) is 7.09. The average molecular weight is 214 g/mol. The van der Waals surface area contributed by atoms with Crippen LogP contribution in [-0.4, -0.2) is 18.0 Å². The molecule has 0 saturated carbocycles. The molecule has 1 atom stereocenters. The lowest BCUT2D eigenvalue weighted by atomic mass is 9.89. The molecule has 90 valence electrons. The second-order valence-electron chi connectivity index (χ2n) is 4.17. The Labute approximate surface area is 93.8 Å². The highest BCUT2D eigenvalue weighted by Crippen LogP contribution is 2.20. The molecule has 0 aromatic carbocycles. The molecule has 0 aromatic rings. The standard InChI is InChI=1S/C12H26N2O/c1-5-10(9-13)11(15)14-12(6-2,7-3)8-4/h10H,5-9,13H2,1-4H3,(H,14,15). The topological polar surface area (TPSA) is 55.1 Å². The van der Waals surface area contributed by atoms with Gasteiger partial charge in [0.2, 0.25) is 5.91 Å². The van der Waals surface area contributed by atoms with E-state index in [4.69, 9.17) is 5.73 Å². The molecule has 1 amide bonds. The molecule has 0 spiro atoms. The Balaban J connectivity index is 4.46. The molecule has 3 N–H and O–H groups in total. The maximum Gasteiger partial charge on any atom is 0.224 e. The van der Waals surface area contributed by atoms with Crippen molar-refractivity contribution < 1.29 is 4.79 Å². The van der Waals surface area contributed by atoms with Gasteiger partial charge in [0.05, 0.1) is 0 Å². The smallest absolute Gasteiger partial charge is 0.224 e. The third-order valence-corrected chi connectivity index (χ3v) is 3.57. The van der Waals surface area contributed by atoms with Crippen molar-refractivity contribution in [3.8, 4) is 0 Å². The zero-order chi connectivity index (χ0) is 11.9. The molecule has 0 aliphatic carbocycles. The fourth-order valence-electron chi connectivity index (χ4n) is 1.84. The van der Waals surface area contributed by atoms with Crippen molar-refractivity contribution in [2.75, 3.05) is 6.54 Å². The Bertz CT molecular complexity index is 176. The van der Waals surface area contributed by atoms with E-state index in [1.54, 1.807) is 0 Å². The van der Waals surface area contributed by atoms with E-state index in [9.17, 15) is 4.79 Å². The number of rotatable bonds is 7. The lowest BCUT2D eigenvalue weighted by Gasteiger charge is -2.33. The van der Waals surface area contributed by atoms with E-state index < -0.39 is 0 Å². The van der Waals surface area contributed by atoms with E-state index >= 15 is 0 Å². The largest absolute Gasteiger partial charge is 0.350 e. The van der Waals surface area contributed by atoms with Gasteiger partial charge in [0.1, 0.15) is 0 Å². The summed E-state index contributed by atoms with van der Waals surface area (Å²) in [4.78, 5) is 11.9. The Morgan fingerprint density at radius 1 is 1.20 bits per heavy atom. The van der Waals surface area contributed by atoms with Gasteiger partial charge in [-0.15, -0.1) is 0 Å². The number of carbonyl (C=O) groups is 1. The summed E-state index contributed by atoms with van der Waals surface area (Å²) in [5.74, 6) is 0.0829. The maximum atomic E-state index is 11.9. The van der Waals surface area contributed by atoms with Crippen molar-refractivity contribution >= 4 is 5.91 Å². The number of carbonyl (C=O) groups excluding carboxylic acids is 1. The molecule has 0 heterocycles. The van der Waals surface area contributed by atoms with E-state index in [1.165, 1.54) is 0 Å². The molecule has 0 bridgehead atoms. The zero-order valence-electron chi connectivity index (χ0n) is 10.6. The van der Waals surface area contributed by atoms with Gasteiger partial charge >= 0.3 is 0 Å². The zero-order valence-corrected chi connectivity index (χ0v) is 10.6. The predicted octanol–water partition coefficient (Wildman–Crippen LogP) is 2.06. The fraction of sp³-hybridized carbons (Fsp3) is 0.917. The predicted molar refractivity (Wildman–Crippen MR) is 64.6 cm³/mol. The molecule has 0 fully saturated rings. The number of hydrogen-bond acceptors (Lipinski definition) is 2. The molecule has 0 radical (unpaired) electrons. The summed E-state index contributed by atoms with van der Waals surface area (Å²) in [5, 5.41) is 3.16. The molecule has 0 saturated heterocycles. The number of nitrogens with two attached hydrogens (primary N) is 1. The van der Waals surface area contributed by atoms with Crippen molar-refractivity contribution in [1.29, 1.82) is 0 Å². The SMILES string of the molecule is CCC(CN)C(=O)NC(CC)(CC)CC. The van der Waals surface area contributed by atoms with E-state index in [2.05, 4.69) is 26.1 Å². The molecular weight excluding hydrogens is 188 g/mol. The summed E-state index contributed by atoms with van der Waals surface area (Å²) in [6.45, 7) is 8.81. The van der Waals surface area contributed by atoms with Crippen molar-refractivity contribution in [1.82, 2.24) is 5.32 Å². The van der Waals surface area contributed by atoms with Crippen LogP contribution in [0.15, 0.2) is 0 Å². The minimum atomic E-state index is -0.0333. The Hall–Kier alpha value is -0.570. The van der Waals surface area contributed by atoms with Gasteiger partial charge in [-0.3, -0.25) is 4.79 Å². The van der Waals surface area contributed by atoms with Crippen LogP contribution < -0.4 is 11.1 Å². The normalized spacial score (nSPS) is 13.7. The highest BCUT2D eigenvalue weighted by atomic mass is 16.2. The van der Waals surface area contributed by atoms with Crippen LogP contribution in [0.1, 0.15) is 53.4 Å². The molecular formula is C12H26N2O. The monoisotopic (exact) mass is 214 g/mol. The van der Waals surface area contributed by atoms with Crippen LogP contribution in [0, 0.1) is 5.92 Å². The summed E-state index contributed by atoms with van der Waals surface area (Å²) >= 11 is 0. The second kappa shape index (κ2) is 6.83. The molecule has 1 unspecified atom stereocenters. The van der Waals surface area contributed by atoms with Gasteiger partial charge in [-0.25, -0.2) is 0 Å². The minimum Gasteiger partial charge on any atom is -0.350 e. The van der Waals surface area contributed by atoms with Crippen molar-refractivity contribution in [3.05, 3.63) is 0 Å². The maximum absolute atomic E-state index is 11.9. The van der Waals surface area contributed by atoms with E-state index in [-0.39, 0.29) is 17.4 Å².